The van der Waals surface area contributed by atoms with Crippen LogP contribution < -0.4 is 5.32 Å². The Morgan fingerprint density at radius 2 is 2.16 bits per heavy atom. The molecule has 5 heteroatoms. The van der Waals surface area contributed by atoms with Gasteiger partial charge in [-0.25, -0.2) is 4.79 Å². The molecule has 104 valence electrons. The summed E-state index contributed by atoms with van der Waals surface area (Å²) in [4.78, 5) is 23.6. The Bertz CT molecular complexity index is 447. The molecule has 1 heterocycles. The van der Waals surface area contributed by atoms with Gasteiger partial charge in [-0.1, -0.05) is 12.8 Å². The molecule has 0 spiro atoms. The summed E-state index contributed by atoms with van der Waals surface area (Å²) < 4.78 is 6.58. The maximum atomic E-state index is 11.9. The Kier molecular flexibility index (Phi) is 4.60. The summed E-state index contributed by atoms with van der Waals surface area (Å²) in [6.45, 7) is 2.26. The first-order valence-electron chi connectivity index (χ1n) is 6.82. The average Bonchev–Trinajstić information content (AvgIpc) is 3.00. The predicted molar refractivity (Wildman–Crippen MR) is 70.8 cm³/mol. The van der Waals surface area contributed by atoms with Crippen LogP contribution in [0.4, 0.5) is 0 Å². The van der Waals surface area contributed by atoms with Gasteiger partial charge in [-0.05, 0) is 31.9 Å². The number of nitrogens with one attached hydrogen (secondary N) is 1. The Labute approximate surface area is 112 Å². The number of rotatable bonds is 5. The normalized spacial score (nSPS) is 15.4. The Hall–Kier alpha value is -1.78. The van der Waals surface area contributed by atoms with Crippen molar-refractivity contribution >= 4 is 11.9 Å². The molecule has 0 bridgehead atoms. The summed E-state index contributed by atoms with van der Waals surface area (Å²) in [5.74, 6) is -0.435. The van der Waals surface area contributed by atoms with Gasteiger partial charge in [0.15, 0.2) is 0 Å². The van der Waals surface area contributed by atoms with Gasteiger partial charge < -0.3 is 14.6 Å². The summed E-state index contributed by atoms with van der Waals surface area (Å²) in [5.41, 5.74) is 0.420. The molecule has 1 fully saturated rings. The van der Waals surface area contributed by atoms with Gasteiger partial charge in [-0.2, -0.15) is 0 Å². The van der Waals surface area contributed by atoms with Crippen molar-refractivity contribution in [3.8, 4) is 0 Å². The highest BCUT2D eigenvalue weighted by molar-refractivity contribution is 5.88. The third kappa shape index (κ3) is 3.59. The van der Waals surface area contributed by atoms with E-state index in [1.165, 1.54) is 12.8 Å². The maximum absolute atomic E-state index is 11.9. The first-order chi connectivity index (χ1) is 9.20. The number of ether oxygens (including phenoxy) is 1. The van der Waals surface area contributed by atoms with E-state index >= 15 is 0 Å². The van der Waals surface area contributed by atoms with Gasteiger partial charge >= 0.3 is 5.97 Å². The van der Waals surface area contributed by atoms with Crippen molar-refractivity contribution in [3.63, 3.8) is 0 Å². The van der Waals surface area contributed by atoms with Crippen molar-refractivity contribution in [2.45, 2.75) is 45.2 Å². The molecule has 5 nitrogen and oxygen atoms in total. The fraction of sp³-hybridized carbons (Fsp3) is 0.571. The zero-order chi connectivity index (χ0) is 13.7. The summed E-state index contributed by atoms with van der Waals surface area (Å²) in [6.07, 6.45) is 6.20. The van der Waals surface area contributed by atoms with Crippen molar-refractivity contribution in [2.24, 2.45) is 0 Å². The van der Waals surface area contributed by atoms with Crippen LogP contribution in [0.1, 0.15) is 43.1 Å². The lowest BCUT2D eigenvalue weighted by Crippen LogP contribution is -2.35. The van der Waals surface area contributed by atoms with Gasteiger partial charge in [-0.3, -0.25) is 4.79 Å². The standard InChI is InChI=1S/C14H20N2O3/c1-2-19-14(18)12-8-5-9-16(12)10-13(17)15-11-6-3-4-7-11/h5,8-9,11H,2-4,6-7,10H2,1H3,(H,15,17). The topological polar surface area (TPSA) is 60.3 Å². The van der Waals surface area contributed by atoms with Crippen molar-refractivity contribution in [3.05, 3.63) is 24.0 Å². The first kappa shape index (κ1) is 13.6. The molecular formula is C14H20N2O3. The van der Waals surface area contributed by atoms with Gasteiger partial charge in [0.05, 0.1) is 6.61 Å². The van der Waals surface area contributed by atoms with Gasteiger partial charge in [0.1, 0.15) is 12.2 Å². The van der Waals surface area contributed by atoms with E-state index in [-0.39, 0.29) is 18.4 Å². The highest BCUT2D eigenvalue weighted by Gasteiger charge is 2.18. The second kappa shape index (κ2) is 6.41. The molecule has 0 saturated heterocycles. The molecule has 1 aromatic rings. The van der Waals surface area contributed by atoms with Crippen molar-refractivity contribution in [2.75, 3.05) is 6.61 Å². The van der Waals surface area contributed by atoms with Crippen LogP contribution in [0.3, 0.4) is 0 Å². The minimum absolute atomic E-state index is 0.0475. The van der Waals surface area contributed by atoms with Crippen LogP contribution in [-0.4, -0.2) is 29.1 Å². The summed E-state index contributed by atoms with van der Waals surface area (Å²) in [7, 11) is 0. The second-order valence-corrected chi connectivity index (χ2v) is 4.79. The third-order valence-corrected chi connectivity index (χ3v) is 3.35. The molecule has 1 aromatic heterocycles. The van der Waals surface area contributed by atoms with Crippen LogP contribution in [0.5, 0.6) is 0 Å². The van der Waals surface area contributed by atoms with E-state index in [1.54, 1.807) is 29.8 Å². The van der Waals surface area contributed by atoms with E-state index in [1.807, 2.05) is 0 Å². The third-order valence-electron chi connectivity index (χ3n) is 3.35. The smallest absolute Gasteiger partial charge is 0.354 e. The number of hydrogen-bond donors (Lipinski definition) is 1. The lowest BCUT2D eigenvalue weighted by atomic mass is 10.2. The van der Waals surface area contributed by atoms with Crippen molar-refractivity contribution in [1.29, 1.82) is 0 Å². The molecular weight excluding hydrogens is 244 g/mol. The van der Waals surface area contributed by atoms with Crippen LogP contribution in [-0.2, 0) is 16.1 Å². The minimum Gasteiger partial charge on any atom is -0.461 e. The molecule has 0 radical (unpaired) electrons. The molecule has 1 N–H and O–H groups in total. The Morgan fingerprint density at radius 1 is 1.42 bits per heavy atom. The van der Waals surface area contributed by atoms with E-state index in [2.05, 4.69) is 5.32 Å². The summed E-state index contributed by atoms with van der Waals surface area (Å²) in [5, 5.41) is 3.00. The van der Waals surface area contributed by atoms with E-state index in [9.17, 15) is 9.59 Å². The monoisotopic (exact) mass is 264 g/mol. The predicted octanol–water partition coefficient (Wildman–Crippen LogP) is 1.72. The molecule has 1 aliphatic rings. The first-order valence-corrected chi connectivity index (χ1v) is 6.82. The second-order valence-electron chi connectivity index (χ2n) is 4.79. The quantitative estimate of drug-likeness (QED) is 0.824. The van der Waals surface area contributed by atoms with Crippen LogP contribution in [0.25, 0.3) is 0 Å². The SMILES string of the molecule is CCOC(=O)c1cccn1CC(=O)NC1CCCC1. The van der Waals surface area contributed by atoms with Crippen LogP contribution >= 0.6 is 0 Å². The van der Waals surface area contributed by atoms with E-state index in [0.29, 0.717) is 18.3 Å². The average molecular weight is 264 g/mol. The number of esters is 1. The highest BCUT2D eigenvalue weighted by atomic mass is 16.5. The molecule has 0 aliphatic heterocycles. The molecule has 0 aromatic carbocycles. The van der Waals surface area contributed by atoms with Gasteiger partial charge in [0.25, 0.3) is 0 Å². The number of carbonyl (C=O) groups is 2. The molecule has 1 saturated carbocycles. The molecule has 0 atom stereocenters. The number of carbonyl (C=O) groups excluding carboxylic acids is 2. The summed E-state index contributed by atoms with van der Waals surface area (Å²) in [6, 6.07) is 3.71. The van der Waals surface area contributed by atoms with Gasteiger partial charge in [0.2, 0.25) is 5.91 Å². The number of amides is 1. The van der Waals surface area contributed by atoms with Crippen LogP contribution in [0.15, 0.2) is 18.3 Å². The summed E-state index contributed by atoms with van der Waals surface area (Å²) >= 11 is 0. The number of nitrogens with zero attached hydrogens (tertiary/aromatic N) is 1. The zero-order valence-corrected chi connectivity index (χ0v) is 11.2. The molecule has 19 heavy (non-hydrogen) atoms. The van der Waals surface area contributed by atoms with E-state index in [4.69, 9.17) is 4.74 Å². The van der Waals surface area contributed by atoms with Crippen molar-refractivity contribution < 1.29 is 14.3 Å². The van der Waals surface area contributed by atoms with E-state index < -0.39 is 0 Å². The minimum atomic E-state index is -0.388. The van der Waals surface area contributed by atoms with Gasteiger partial charge in [-0.15, -0.1) is 0 Å². The fourth-order valence-electron chi connectivity index (χ4n) is 2.44. The van der Waals surface area contributed by atoms with Gasteiger partial charge in [0, 0.05) is 12.2 Å². The largest absolute Gasteiger partial charge is 0.461 e. The van der Waals surface area contributed by atoms with Crippen LogP contribution in [0, 0.1) is 0 Å². The number of aromatic nitrogens is 1. The lowest BCUT2D eigenvalue weighted by Gasteiger charge is -2.13. The highest BCUT2D eigenvalue weighted by Crippen LogP contribution is 2.17. The molecule has 1 aliphatic carbocycles. The lowest BCUT2D eigenvalue weighted by molar-refractivity contribution is -0.122. The fourth-order valence-corrected chi connectivity index (χ4v) is 2.44. The maximum Gasteiger partial charge on any atom is 0.354 e. The number of hydrogen-bond acceptors (Lipinski definition) is 3. The molecule has 0 unspecified atom stereocenters. The van der Waals surface area contributed by atoms with Crippen molar-refractivity contribution in [1.82, 2.24) is 9.88 Å². The van der Waals surface area contributed by atoms with E-state index in [0.717, 1.165) is 12.8 Å². The molecule has 1 amide bonds. The zero-order valence-electron chi connectivity index (χ0n) is 11.2. The van der Waals surface area contributed by atoms with Crippen LogP contribution in [0.2, 0.25) is 0 Å². The Morgan fingerprint density at radius 3 is 2.84 bits per heavy atom. The molecule has 2 rings (SSSR count). The Balaban J connectivity index is 1.93.